The molecule has 0 bridgehead atoms. The van der Waals surface area contributed by atoms with E-state index in [1.807, 2.05) is 0 Å². The van der Waals surface area contributed by atoms with Crippen LogP contribution in [0.4, 0.5) is 10.7 Å². The fraction of sp³-hybridized carbons (Fsp3) is 0.500. The quantitative estimate of drug-likeness (QED) is 0.575. The maximum atomic E-state index is 11.2. The molecule has 0 saturated heterocycles. The maximum absolute atomic E-state index is 11.2. The Labute approximate surface area is 100.0 Å². The largest absolute Gasteiger partial charge is 0.383 e. The molecular formula is C10H17N5O2. The summed E-state index contributed by atoms with van der Waals surface area (Å²) in [5.74, 6) is 0.550. The molecule has 0 aliphatic carbocycles. The molecule has 1 heterocycles. The predicted octanol–water partition coefficient (Wildman–Crippen LogP) is -0.166. The van der Waals surface area contributed by atoms with Crippen molar-refractivity contribution in [3.63, 3.8) is 0 Å². The number of nitrogens with zero attached hydrogens (tertiary/aromatic N) is 2. The van der Waals surface area contributed by atoms with Gasteiger partial charge in [0.25, 0.3) is 0 Å². The number of rotatable bonds is 7. The molecule has 0 atom stereocenters. The van der Waals surface area contributed by atoms with Crippen LogP contribution in [0.3, 0.4) is 0 Å². The summed E-state index contributed by atoms with van der Waals surface area (Å²) in [4.78, 5) is 19.2. The summed E-state index contributed by atoms with van der Waals surface area (Å²) < 4.78 is 4.80. The van der Waals surface area contributed by atoms with E-state index in [4.69, 9.17) is 4.74 Å². The Morgan fingerprint density at radius 2 is 1.94 bits per heavy atom. The number of nitrogens with one attached hydrogen (secondary N) is 3. The van der Waals surface area contributed by atoms with Gasteiger partial charge in [0.1, 0.15) is 0 Å². The van der Waals surface area contributed by atoms with Gasteiger partial charge >= 0.3 is 6.03 Å². The first-order valence-corrected chi connectivity index (χ1v) is 5.34. The molecule has 0 unspecified atom stereocenters. The van der Waals surface area contributed by atoms with E-state index in [0.29, 0.717) is 32.2 Å². The first-order chi connectivity index (χ1) is 8.33. The zero-order chi connectivity index (χ0) is 12.3. The van der Waals surface area contributed by atoms with Crippen LogP contribution in [0.2, 0.25) is 0 Å². The number of carbonyl (C=O) groups is 1. The lowest BCUT2D eigenvalue weighted by Gasteiger charge is -2.07. The minimum absolute atomic E-state index is 0.210. The van der Waals surface area contributed by atoms with Crippen LogP contribution in [0.1, 0.15) is 0 Å². The second-order valence-corrected chi connectivity index (χ2v) is 3.17. The van der Waals surface area contributed by atoms with Gasteiger partial charge in [-0.3, -0.25) is 0 Å². The van der Waals surface area contributed by atoms with Crippen molar-refractivity contribution in [3.05, 3.63) is 18.5 Å². The van der Waals surface area contributed by atoms with Crippen molar-refractivity contribution in [2.75, 3.05) is 38.7 Å². The van der Waals surface area contributed by atoms with Crippen LogP contribution in [0.15, 0.2) is 18.5 Å². The summed E-state index contributed by atoms with van der Waals surface area (Å²) in [5, 5.41) is 8.31. The number of hydrogen-bond donors (Lipinski definition) is 3. The molecule has 1 aromatic heterocycles. The maximum Gasteiger partial charge on any atom is 0.314 e. The molecule has 7 heteroatoms. The minimum atomic E-state index is -0.210. The van der Waals surface area contributed by atoms with E-state index in [1.54, 1.807) is 25.6 Å². The van der Waals surface area contributed by atoms with Gasteiger partial charge in [-0.2, -0.15) is 0 Å². The fourth-order valence-corrected chi connectivity index (χ4v) is 1.07. The normalized spacial score (nSPS) is 9.71. The Hall–Kier alpha value is -1.89. The topological polar surface area (TPSA) is 88.2 Å². The molecule has 0 aliphatic heterocycles. The number of methoxy groups -OCH3 is 1. The van der Waals surface area contributed by atoms with Crippen LogP contribution in [-0.2, 0) is 4.74 Å². The summed E-state index contributed by atoms with van der Waals surface area (Å²) in [5.41, 5.74) is 0. The van der Waals surface area contributed by atoms with E-state index < -0.39 is 0 Å². The highest BCUT2D eigenvalue weighted by molar-refractivity contribution is 5.73. The van der Waals surface area contributed by atoms with Gasteiger partial charge < -0.3 is 20.7 Å². The van der Waals surface area contributed by atoms with Gasteiger partial charge in [-0.15, -0.1) is 0 Å². The van der Waals surface area contributed by atoms with Crippen LogP contribution in [0.25, 0.3) is 0 Å². The zero-order valence-electron chi connectivity index (χ0n) is 9.77. The monoisotopic (exact) mass is 239 g/mol. The molecule has 0 spiro atoms. The van der Waals surface area contributed by atoms with E-state index in [1.165, 1.54) is 0 Å². The lowest BCUT2D eigenvalue weighted by molar-refractivity contribution is 0.196. The van der Waals surface area contributed by atoms with Gasteiger partial charge in [-0.1, -0.05) is 0 Å². The van der Waals surface area contributed by atoms with Crippen molar-refractivity contribution in [2.24, 2.45) is 0 Å². The molecule has 1 rings (SSSR count). The molecule has 17 heavy (non-hydrogen) atoms. The number of hydrogen-bond acceptors (Lipinski definition) is 5. The first-order valence-electron chi connectivity index (χ1n) is 5.34. The van der Waals surface area contributed by atoms with Gasteiger partial charge in [0.2, 0.25) is 5.95 Å². The summed E-state index contributed by atoms with van der Waals surface area (Å²) in [6.45, 7) is 2.07. The lowest BCUT2D eigenvalue weighted by atomic mass is 10.6. The van der Waals surface area contributed by atoms with Gasteiger partial charge in [0.15, 0.2) is 0 Å². The molecule has 2 amide bonds. The molecule has 94 valence electrons. The Bertz CT molecular complexity index is 320. The van der Waals surface area contributed by atoms with Crippen molar-refractivity contribution in [3.8, 4) is 0 Å². The molecule has 7 nitrogen and oxygen atoms in total. The highest BCUT2D eigenvalue weighted by atomic mass is 16.5. The Morgan fingerprint density at radius 3 is 2.65 bits per heavy atom. The third-order valence-electron chi connectivity index (χ3n) is 1.85. The van der Waals surface area contributed by atoms with Crippen molar-refractivity contribution in [1.29, 1.82) is 0 Å². The SMILES string of the molecule is COCCNC(=O)NCCNc1ncccn1. The predicted molar refractivity (Wildman–Crippen MR) is 63.8 cm³/mol. The third kappa shape index (κ3) is 6.31. The van der Waals surface area contributed by atoms with E-state index >= 15 is 0 Å². The van der Waals surface area contributed by atoms with Crippen LogP contribution in [0, 0.1) is 0 Å². The van der Waals surface area contributed by atoms with E-state index in [2.05, 4.69) is 25.9 Å². The van der Waals surface area contributed by atoms with E-state index in [9.17, 15) is 4.79 Å². The summed E-state index contributed by atoms with van der Waals surface area (Å²) in [7, 11) is 1.59. The average Bonchev–Trinajstić information content (AvgIpc) is 2.36. The molecule has 0 saturated carbocycles. The fourth-order valence-electron chi connectivity index (χ4n) is 1.07. The number of carbonyl (C=O) groups excluding carboxylic acids is 1. The van der Waals surface area contributed by atoms with E-state index in [0.717, 1.165) is 0 Å². The van der Waals surface area contributed by atoms with Crippen molar-refractivity contribution < 1.29 is 9.53 Å². The number of aromatic nitrogens is 2. The van der Waals surface area contributed by atoms with Gasteiger partial charge in [-0.05, 0) is 6.07 Å². The molecule has 3 N–H and O–H groups in total. The summed E-state index contributed by atoms with van der Waals surface area (Å²) in [6.07, 6.45) is 3.31. The van der Waals surface area contributed by atoms with Crippen LogP contribution in [0.5, 0.6) is 0 Å². The van der Waals surface area contributed by atoms with Crippen molar-refractivity contribution in [2.45, 2.75) is 0 Å². The van der Waals surface area contributed by atoms with Gasteiger partial charge in [0, 0.05) is 39.1 Å². The summed E-state index contributed by atoms with van der Waals surface area (Å²) in [6, 6.07) is 1.53. The third-order valence-corrected chi connectivity index (χ3v) is 1.85. The van der Waals surface area contributed by atoms with Crippen LogP contribution in [-0.4, -0.2) is 49.4 Å². The lowest BCUT2D eigenvalue weighted by Crippen LogP contribution is -2.39. The zero-order valence-corrected chi connectivity index (χ0v) is 9.77. The molecule has 0 radical (unpaired) electrons. The van der Waals surface area contributed by atoms with Gasteiger partial charge in [0.05, 0.1) is 6.61 Å². The Morgan fingerprint density at radius 1 is 1.24 bits per heavy atom. The number of ether oxygens (including phenoxy) is 1. The molecule has 0 aliphatic rings. The highest BCUT2D eigenvalue weighted by Gasteiger charge is 1.98. The average molecular weight is 239 g/mol. The second-order valence-electron chi connectivity index (χ2n) is 3.17. The summed E-state index contributed by atoms with van der Waals surface area (Å²) >= 11 is 0. The number of amides is 2. The molecule has 1 aromatic rings. The molecule has 0 aromatic carbocycles. The van der Waals surface area contributed by atoms with Gasteiger partial charge in [-0.25, -0.2) is 14.8 Å². The molecular weight excluding hydrogens is 222 g/mol. The first kappa shape index (κ1) is 13.2. The minimum Gasteiger partial charge on any atom is -0.383 e. The Kier molecular flexibility index (Phi) is 6.42. The smallest absolute Gasteiger partial charge is 0.314 e. The molecule has 0 fully saturated rings. The number of urea groups is 1. The van der Waals surface area contributed by atoms with Crippen molar-refractivity contribution >= 4 is 12.0 Å². The standard InChI is InChI=1S/C10H17N5O2/c1-17-8-7-15-10(16)14-6-5-13-9-11-3-2-4-12-9/h2-4H,5-8H2,1H3,(H,11,12,13)(H2,14,15,16). The second kappa shape index (κ2) is 8.28. The number of anilines is 1. The highest BCUT2D eigenvalue weighted by Crippen LogP contribution is 1.91. The van der Waals surface area contributed by atoms with Crippen LogP contribution < -0.4 is 16.0 Å². The van der Waals surface area contributed by atoms with Crippen LogP contribution >= 0.6 is 0 Å². The van der Waals surface area contributed by atoms with Crippen molar-refractivity contribution in [1.82, 2.24) is 20.6 Å². The van der Waals surface area contributed by atoms with E-state index in [-0.39, 0.29) is 6.03 Å². The Balaban J connectivity index is 2.02.